The van der Waals surface area contributed by atoms with Gasteiger partial charge in [0.05, 0.1) is 77.3 Å². The Balaban J connectivity index is 5.51. The molecule has 0 aromatic rings. The molecule has 7 atom stereocenters. The van der Waals surface area contributed by atoms with E-state index in [1.807, 2.05) is 0 Å². The van der Waals surface area contributed by atoms with Crippen LogP contribution in [0.2, 0.25) is 0 Å². The van der Waals surface area contributed by atoms with Gasteiger partial charge in [-0.25, -0.2) is 9.13 Å². The maximum absolute atomic E-state index is 13.6. The highest BCUT2D eigenvalue weighted by Crippen LogP contribution is 2.44. The van der Waals surface area contributed by atoms with Crippen LogP contribution in [0.1, 0.15) is 337 Å². The molecule has 24 nitrogen and oxygen atoms in total. The van der Waals surface area contributed by atoms with E-state index in [9.17, 15) is 57.6 Å². The van der Waals surface area contributed by atoms with E-state index in [1.54, 1.807) is 0 Å². The summed E-state index contributed by atoms with van der Waals surface area (Å²) in [6.07, 6.45) is 43.4. The van der Waals surface area contributed by atoms with Crippen molar-refractivity contribution in [3.63, 3.8) is 0 Å². The molecule has 0 spiro atoms. The van der Waals surface area contributed by atoms with Crippen molar-refractivity contribution in [1.29, 1.82) is 0 Å². The molecule has 26 heteroatoms. The monoisotopic (exact) mass is 1520 g/mol. The lowest BCUT2D eigenvalue weighted by Crippen LogP contribution is -2.43. The lowest BCUT2D eigenvalue weighted by atomic mass is 10.1. The number of hydrogen-bond acceptors (Lipinski definition) is 18. The summed E-state index contributed by atoms with van der Waals surface area (Å²) >= 11 is 0. The minimum Gasteiger partial charge on any atom is -0.462 e. The zero-order chi connectivity index (χ0) is 76.8. The van der Waals surface area contributed by atoms with Crippen molar-refractivity contribution in [2.45, 2.75) is 367 Å². The second kappa shape index (κ2) is 70.7. The zero-order valence-corrected chi connectivity index (χ0v) is 67.3. The van der Waals surface area contributed by atoms with Crippen LogP contribution in [0.5, 0.6) is 0 Å². The fourth-order valence-electron chi connectivity index (χ4n) is 11.3. The lowest BCUT2D eigenvalue weighted by molar-refractivity contribution is -0.152. The van der Waals surface area contributed by atoms with Gasteiger partial charge >= 0.3 is 27.6 Å². The van der Waals surface area contributed by atoms with Crippen molar-refractivity contribution in [2.24, 2.45) is 0 Å². The summed E-state index contributed by atoms with van der Waals surface area (Å²) in [6.45, 7) is 10.4. The number of nitrogens with one attached hydrogen (secondary N) is 4. The van der Waals surface area contributed by atoms with E-state index in [0.29, 0.717) is 57.8 Å². The number of amides is 4. The highest BCUT2D eigenvalue weighted by atomic mass is 31.2. The minimum absolute atomic E-state index is 0.137. The molecule has 0 saturated carbocycles. The number of aliphatic hydroxyl groups excluding tert-OH is 1. The fraction of sp³-hybridized carbons (Fsp3) is 0.859. The van der Waals surface area contributed by atoms with E-state index in [2.05, 4.69) is 87.1 Å². The van der Waals surface area contributed by atoms with Crippen LogP contribution in [0.25, 0.3) is 0 Å². The summed E-state index contributed by atoms with van der Waals surface area (Å²) in [6, 6.07) is -1.93. The van der Waals surface area contributed by atoms with Gasteiger partial charge in [-0.2, -0.15) is 0 Å². The quantitative estimate of drug-likeness (QED) is 0.00978. The maximum Gasteiger partial charge on any atom is 0.472 e. The Morgan fingerprint density at radius 2 is 0.740 bits per heavy atom. The van der Waals surface area contributed by atoms with Crippen molar-refractivity contribution in [3.05, 3.63) is 24.3 Å². The average Bonchev–Trinajstić information content (AvgIpc) is 0.919. The summed E-state index contributed by atoms with van der Waals surface area (Å²) < 4.78 is 70.6. The number of esters is 2. The van der Waals surface area contributed by atoms with E-state index >= 15 is 0 Å². The Kier molecular flexibility index (Phi) is 68.1. The third-order valence-electron chi connectivity index (χ3n) is 17.5. The van der Waals surface area contributed by atoms with Crippen LogP contribution in [-0.2, 0) is 79.7 Å². The molecule has 6 unspecified atom stereocenters. The molecule has 0 aliphatic heterocycles. The van der Waals surface area contributed by atoms with E-state index in [1.165, 1.54) is 38.5 Å². The largest absolute Gasteiger partial charge is 0.472 e. The molecule has 0 bridgehead atoms. The first kappa shape index (κ1) is 100. The van der Waals surface area contributed by atoms with E-state index in [-0.39, 0.29) is 102 Å². The topological polar surface area (TPSA) is 336 Å². The van der Waals surface area contributed by atoms with Gasteiger partial charge in [-0.15, -0.1) is 0 Å². The van der Waals surface area contributed by atoms with Crippen LogP contribution in [0, 0.1) is 0 Å². The normalized spacial score (nSPS) is 14.3. The fourth-order valence-corrected chi connectivity index (χ4v) is 12.8. The Morgan fingerprint density at radius 1 is 0.365 bits per heavy atom. The number of unbranched alkanes of at least 4 members (excludes halogenated alkanes) is 26. The molecule has 0 rings (SSSR count). The van der Waals surface area contributed by atoms with Crippen molar-refractivity contribution < 1.29 is 94.6 Å². The molecule has 4 amide bonds. The van der Waals surface area contributed by atoms with Gasteiger partial charge in [0, 0.05) is 58.2 Å². The Hall–Kier alpha value is -3.93. The van der Waals surface area contributed by atoms with Crippen LogP contribution in [0.3, 0.4) is 0 Å². The smallest absolute Gasteiger partial charge is 0.462 e. The number of carbonyl (C=O) groups is 7. The van der Waals surface area contributed by atoms with Gasteiger partial charge in [-0.3, -0.25) is 51.7 Å². The number of hydrogen-bond donors (Lipinski definition) is 7. The van der Waals surface area contributed by atoms with Gasteiger partial charge in [0.2, 0.25) is 23.6 Å². The first-order valence-corrected chi connectivity index (χ1v) is 43.6. The summed E-state index contributed by atoms with van der Waals surface area (Å²) in [7, 11) is -9.56. The summed E-state index contributed by atoms with van der Waals surface area (Å²) in [5.41, 5.74) is 0. The third-order valence-corrected chi connectivity index (χ3v) is 19.4. The predicted molar refractivity (Wildman–Crippen MR) is 410 cm³/mol. The number of allylic oxidation sites excluding steroid dienone is 4. The molecular formula is C78H146N4O20P2. The van der Waals surface area contributed by atoms with Crippen LogP contribution in [0.4, 0.5) is 0 Å². The first-order valence-electron chi connectivity index (χ1n) is 40.6. The number of rotatable bonds is 77. The molecule has 0 aliphatic carbocycles. The molecule has 0 aromatic heterocycles. The highest BCUT2D eigenvalue weighted by molar-refractivity contribution is 7.47. The minimum atomic E-state index is -4.78. The van der Waals surface area contributed by atoms with E-state index in [0.717, 1.165) is 161 Å². The third kappa shape index (κ3) is 67.4. The Labute approximate surface area is 627 Å². The molecule has 0 aromatic carbocycles. The Bertz CT molecular complexity index is 2320. The van der Waals surface area contributed by atoms with Crippen LogP contribution >= 0.6 is 15.6 Å². The zero-order valence-electron chi connectivity index (χ0n) is 65.5. The standard InChI is InChI=1S/C78H146N4O20P2/c1-7-13-19-25-27-29-31-37-43-49-77(89)101-71(47-41-35-23-17-11-5)54-58-96-64-67(81-75(87)61-70(84)46-40-34-22-16-10-4)65-99-103(91,92)97-59-55-79-73(85)51-52-74(86)80-56-60-98-104(93,94)100-66-68(63-95-57-53-69(83)45-39-33-21-15-9-3)82-76(88)62-72(48-42-36-24-18-12-6)102-78(90)50-44-38-32-30-28-26-20-14-8-2/h29-32,67-69,71-72,83H,7-28,33-66H2,1-6H3,(H,79,85)(H,80,86)(H,81,87)(H,82,88)(H,91,92)(H,93,94)/t67?,68?,69?,71?,72-/m1/s1. The molecule has 104 heavy (non-hydrogen) atoms. The molecule has 0 radical (unpaired) electrons. The number of Topliss-reactive ketones (excluding diaryl/α,β-unsaturated/α-hetero) is 1. The molecule has 608 valence electrons. The number of carbonyl (C=O) groups excluding carboxylic acids is 7. The number of aliphatic hydroxyl groups is 1. The number of phosphoric ester groups is 2. The van der Waals surface area contributed by atoms with Crippen LogP contribution < -0.4 is 21.3 Å². The molecule has 0 aliphatic rings. The average molecular weight is 1520 g/mol. The number of phosphoric acid groups is 2. The molecule has 0 fully saturated rings. The first-order chi connectivity index (χ1) is 50.2. The summed E-state index contributed by atoms with van der Waals surface area (Å²) in [5, 5.41) is 21.1. The molecule has 0 saturated heterocycles. The summed E-state index contributed by atoms with van der Waals surface area (Å²) in [5.74, 6) is -3.16. The van der Waals surface area contributed by atoms with Crippen molar-refractivity contribution in [1.82, 2.24) is 21.3 Å². The number of ether oxygens (including phenoxy) is 4. The predicted octanol–water partition coefficient (Wildman–Crippen LogP) is 16.4. The van der Waals surface area contributed by atoms with E-state index in [4.69, 9.17) is 37.0 Å². The van der Waals surface area contributed by atoms with Crippen LogP contribution in [-0.4, -0.2) is 153 Å². The molecule has 7 N–H and O–H groups in total. The lowest BCUT2D eigenvalue weighted by Gasteiger charge is -2.23. The SMILES string of the molecule is CCCCCCC=CCCCC(=O)OC(CCCCCCC)CCOCC(COP(=O)(O)OCCNC(=O)CCC(=O)NCCOP(=O)(O)OCC(COCCC(O)CCCCCCC)NC(=O)C[C@@H](CCCCCCC)OC(=O)CCCC=CCCCCCC)NC(=O)CC(=O)CCCCCCC. The summed E-state index contributed by atoms with van der Waals surface area (Å²) in [4.78, 5) is 112. The van der Waals surface area contributed by atoms with Gasteiger partial charge in [-0.05, 0) is 96.3 Å². The van der Waals surface area contributed by atoms with E-state index < -0.39 is 90.0 Å². The van der Waals surface area contributed by atoms with Crippen molar-refractivity contribution >= 4 is 57.0 Å². The van der Waals surface area contributed by atoms with Gasteiger partial charge in [0.15, 0.2) is 0 Å². The van der Waals surface area contributed by atoms with Crippen molar-refractivity contribution in [3.8, 4) is 0 Å². The van der Waals surface area contributed by atoms with Gasteiger partial charge in [-0.1, -0.05) is 214 Å². The van der Waals surface area contributed by atoms with Crippen LogP contribution in [0.15, 0.2) is 24.3 Å². The Morgan fingerprint density at radius 3 is 1.19 bits per heavy atom. The van der Waals surface area contributed by atoms with Gasteiger partial charge < -0.3 is 55.1 Å². The van der Waals surface area contributed by atoms with Gasteiger partial charge in [0.25, 0.3) is 0 Å². The molecular weight excluding hydrogens is 1370 g/mol. The highest BCUT2D eigenvalue weighted by Gasteiger charge is 2.28. The maximum atomic E-state index is 13.6. The molecule has 0 heterocycles. The second-order valence-corrected chi connectivity index (χ2v) is 30.6. The van der Waals surface area contributed by atoms with Gasteiger partial charge in [0.1, 0.15) is 18.0 Å². The number of ketones is 1. The second-order valence-electron chi connectivity index (χ2n) is 27.6. The van der Waals surface area contributed by atoms with Crippen molar-refractivity contribution in [2.75, 3.05) is 65.9 Å².